The van der Waals surface area contributed by atoms with Gasteiger partial charge in [-0.1, -0.05) is 17.7 Å². The van der Waals surface area contributed by atoms with Crippen LogP contribution in [-0.2, 0) is 20.7 Å². The first-order valence-corrected chi connectivity index (χ1v) is 8.18. The lowest BCUT2D eigenvalue weighted by Gasteiger charge is -2.16. The van der Waals surface area contributed by atoms with Crippen molar-refractivity contribution in [1.29, 1.82) is 0 Å². The normalized spacial score (nSPS) is 20.1. The highest BCUT2D eigenvalue weighted by molar-refractivity contribution is 6.32. The number of carbonyl (C=O) groups is 2. The first kappa shape index (κ1) is 18.5. The molecule has 1 saturated heterocycles. The van der Waals surface area contributed by atoms with E-state index in [1.165, 1.54) is 0 Å². The highest BCUT2D eigenvalue weighted by Crippen LogP contribution is 2.27. The van der Waals surface area contributed by atoms with Crippen molar-refractivity contribution in [2.75, 3.05) is 41.0 Å². The molecule has 0 aromatic heterocycles. The minimum atomic E-state index is -0.238. The molecule has 7 heteroatoms. The van der Waals surface area contributed by atoms with Crippen LogP contribution in [0.25, 0.3) is 0 Å². The van der Waals surface area contributed by atoms with Crippen LogP contribution in [0.15, 0.2) is 18.2 Å². The topological polar surface area (TPSA) is 67.9 Å². The fraction of sp³-hybridized carbons (Fsp3) is 0.529. The number of methoxy groups -OCH3 is 2. The van der Waals surface area contributed by atoms with Gasteiger partial charge in [-0.2, -0.15) is 0 Å². The molecule has 0 aliphatic carbocycles. The summed E-state index contributed by atoms with van der Waals surface area (Å²) in [6.45, 7) is 1.39. The fourth-order valence-corrected chi connectivity index (χ4v) is 3.33. The van der Waals surface area contributed by atoms with Crippen LogP contribution in [-0.4, -0.2) is 57.7 Å². The predicted molar refractivity (Wildman–Crippen MR) is 91.2 cm³/mol. The second-order valence-electron chi connectivity index (χ2n) is 5.88. The summed E-state index contributed by atoms with van der Waals surface area (Å²) in [5, 5.41) is 3.14. The third kappa shape index (κ3) is 4.19. The number of nitrogens with one attached hydrogen (secondary N) is 1. The molecule has 1 aromatic rings. The van der Waals surface area contributed by atoms with Crippen molar-refractivity contribution in [1.82, 2.24) is 10.2 Å². The smallest absolute Gasteiger partial charge is 0.227 e. The third-order valence-electron chi connectivity index (χ3n) is 4.33. The van der Waals surface area contributed by atoms with Crippen LogP contribution in [0, 0.1) is 11.8 Å². The fourth-order valence-electron chi connectivity index (χ4n) is 3.05. The quantitative estimate of drug-likeness (QED) is 0.837. The Morgan fingerprint density at radius 2 is 2.08 bits per heavy atom. The summed E-state index contributed by atoms with van der Waals surface area (Å²) in [5.74, 6) is 0.272. The highest BCUT2D eigenvalue weighted by atomic mass is 35.5. The first-order chi connectivity index (χ1) is 11.5. The van der Waals surface area contributed by atoms with Gasteiger partial charge in [0.15, 0.2) is 0 Å². The van der Waals surface area contributed by atoms with E-state index in [2.05, 4.69) is 5.32 Å². The zero-order chi connectivity index (χ0) is 17.7. The van der Waals surface area contributed by atoms with E-state index in [1.807, 2.05) is 6.07 Å². The van der Waals surface area contributed by atoms with Gasteiger partial charge in [0, 0.05) is 33.2 Å². The van der Waals surface area contributed by atoms with Gasteiger partial charge >= 0.3 is 0 Å². The largest absolute Gasteiger partial charge is 0.495 e. The minimum absolute atomic E-state index is 0.0124. The van der Waals surface area contributed by atoms with Crippen LogP contribution >= 0.6 is 11.6 Å². The number of nitrogens with zero attached hydrogens (tertiary/aromatic N) is 1. The summed E-state index contributed by atoms with van der Waals surface area (Å²) < 4.78 is 10.3. The molecule has 0 bridgehead atoms. The van der Waals surface area contributed by atoms with Crippen LogP contribution in [0.1, 0.15) is 5.56 Å². The number of halogens is 1. The highest BCUT2D eigenvalue weighted by Gasteiger charge is 2.38. The monoisotopic (exact) mass is 354 g/mol. The van der Waals surface area contributed by atoms with Gasteiger partial charge in [-0.25, -0.2) is 0 Å². The zero-order valence-corrected chi connectivity index (χ0v) is 14.9. The number of carbonyl (C=O) groups excluding carboxylic acids is 2. The molecule has 1 fully saturated rings. The number of hydrogen-bond acceptors (Lipinski definition) is 4. The lowest BCUT2D eigenvalue weighted by molar-refractivity contribution is -0.130. The summed E-state index contributed by atoms with van der Waals surface area (Å²) in [4.78, 5) is 26.3. The summed E-state index contributed by atoms with van der Waals surface area (Å²) in [6, 6.07) is 5.30. The van der Waals surface area contributed by atoms with E-state index in [0.29, 0.717) is 30.5 Å². The molecule has 1 aliphatic heterocycles. The lowest BCUT2D eigenvalue weighted by atomic mass is 9.96. The number of amides is 2. The van der Waals surface area contributed by atoms with E-state index in [4.69, 9.17) is 21.1 Å². The van der Waals surface area contributed by atoms with Gasteiger partial charge in [-0.3, -0.25) is 9.59 Å². The molecule has 0 unspecified atom stereocenters. The van der Waals surface area contributed by atoms with E-state index in [-0.39, 0.29) is 30.1 Å². The number of rotatable bonds is 6. The molecule has 2 atom stereocenters. The molecule has 2 amide bonds. The van der Waals surface area contributed by atoms with E-state index >= 15 is 0 Å². The Kier molecular flexibility index (Phi) is 6.45. The summed E-state index contributed by atoms with van der Waals surface area (Å²) in [7, 11) is 4.76. The maximum Gasteiger partial charge on any atom is 0.227 e. The van der Waals surface area contributed by atoms with E-state index < -0.39 is 0 Å². The number of benzene rings is 1. The maximum atomic E-state index is 12.6. The molecule has 1 N–H and O–H groups in total. The van der Waals surface area contributed by atoms with Crippen molar-refractivity contribution < 1.29 is 19.1 Å². The molecule has 0 spiro atoms. The van der Waals surface area contributed by atoms with Crippen molar-refractivity contribution in [2.24, 2.45) is 11.8 Å². The van der Waals surface area contributed by atoms with Gasteiger partial charge in [0.05, 0.1) is 31.1 Å². The average Bonchev–Trinajstić information content (AvgIpc) is 2.99. The molecule has 132 valence electrons. The maximum absolute atomic E-state index is 12.6. The summed E-state index contributed by atoms with van der Waals surface area (Å²) >= 11 is 6.10. The first-order valence-electron chi connectivity index (χ1n) is 7.80. The molecule has 1 aromatic carbocycles. The van der Waals surface area contributed by atoms with Gasteiger partial charge in [0.25, 0.3) is 0 Å². The van der Waals surface area contributed by atoms with Crippen molar-refractivity contribution in [3.8, 4) is 5.75 Å². The Bertz CT molecular complexity index is 608. The van der Waals surface area contributed by atoms with Crippen molar-refractivity contribution in [3.05, 3.63) is 28.8 Å². The van der Waals surface area contributed by atoms with Gasteiger partial charge in [0.2, 0.25) is 11.8 Å². The van der Waals surface area contributed by atoms with Gasteiger partial charge < -0.3 is 19.7 Å². The number of likely N-dealkylation sites (tertiary alicyclic amines) is 1. The van der Waals surface area contributed by atoms with Crippen LogP contribution < -0.4 is 10.1 Å². The second kappa shape index (κ2) is 8.35. The van der Waals surface area contributed by atoms with Crippen molar-refractivity contribution in [3.63, 3.8) is 0 Å². The van der Waals surface area contributed by atoms with Crippen LogP contribution in [0.2, 0.25) is 5.02 Å². The summed E-state index contributed by atoms with van der Waals surface area (Å²) in [5.41, 5.74) is 0.817. The van der Waals surface area contributed by atoms with Gasteiger partial charge in [0.1, 0.15) is 5.75 Å². The molecule has 0 radical (unpaired) electrons. The van der Waals surface area contributed by atoms with Gasteiger partial charge in [-0.15, -0.1) is 0 Å². The molecular formula is C17H23ClN2O4. The minimum Gasteiger partial charge on any atom is -0.495 e. The Morgan fingerprint density at radius 3 is 2.67 bits per heavy atom. The standard InChI is InChI=1S/C17H23ClN2O4/c1-19-17(22)13-9-20(8-12(13)10-23-2)16(21)7-11-4-5-15(24-3)14(18)6-11/h4-6,12-13H,7-10H2,1-3H3,(H,19,22)/t12-,13+/m0/s1. The molecule has 2 rings (SSSR count). The van der Waals surface area contributed by atoms with Crippen molar-refractivity contribution in [2.45, 2.75) is 6.42 Å². The molecule has 1 heterocycles. The predicted octanol–water partition coefficient (Wildman–Crippen LogP) is 1.36. The Balaban J connectivity index is 2.04. The summed E-state index contributed by atoms with van der Waals surface area (Å²) in [6.07, 6.45) is 0.240. The Morgan fingerprint density at radius 1 is 1.33 bits per heavy atom. The molecule has 0 saturated carbocycles. The van der Waals surface area contributed by atoms with Gasteiger partial charge in [-0.05, 0) is 17.7 Å². The number of ether oxygens (including phenoxy) is 2. The SMILES string of the molecule is CNC(=O)[C@@H]1CN(C(=O)Cc2ccc(OC)c(Cl)c2)C[C@H]1COC. The Hall–Kier alpha value is -1.79. The van der Waals surface area contributed by atoms with E-state index in [9.17, 15) is 9.59 Å². The lowest BCUT2D eigenvalue weighted by Crippen LogP contribution is -2.35. The molecular weight excluding hydrogens is 332 g/mol. The molecule has 6 nitrogen and oxygen atoms in total. The molecule has 1 aliphatic rings. The van der Waals surface area contributed by atoms with Crippen molar-refractivity contribution >= 4 is 23.4 Å². The van der Waals surface area contributed by atoms with Crippen LogP contribution in [0.3, 0.4) is 0 Å². The average molecular weight is 355 g/mol. The van der Waals surface area contributed by atoms with Crippen LogP contribution in [0.5, 0.6) is 5.75 Å². The number of hydrogen-bond donors (Lipinski definition) is 1. The second-order valence-corrected chi connectivity index (χ2v) is 6.29. The zero-order valence-electron chi connectivity index (χ0n) is 14.2. The third-order valence-corrected chi connectivity index (χ3v) is 4.62. The van der Waals surface area contributed by atoms with E-state index in [0.717, 1.165) is 5.56 Å². The molecule has 24 heavy (non-hydrogen) atoms. The Labute approximate surface area is 147 Å². The van der Waals surface area contributed by atoms with Crippen LogP contribution in [0.4, 0.5) is 0 Å². The van der Waals surface area contributed by atoms with E-state index in [1.54, 1.807) is 38.3 Å².